The number of esters is 1. The molecule has 0 aliphatic rings. The van der Waals surface area contributed by atoms with Gasteiger partial charge in [0.25, 0.3) is 0 Å². The first-order chi connectivity index (χ1) is 14.1. The van der Waals surface area contributed by atoms with E-state index in [0.717, 1.165) is 5.56 Å². The van der Waals surface area contributed by atoms with Gasteiger partial charge in [-0.2, -0.15) is 0 Å². The van der Waals surface area contributed by atoms with E-state index in [2.05, 4.69) is 5.32 Å². The van der Waals surface area contributed by atoms with Crippen molar-refractivity contribution in [2.45, 2.75) is 19.1 Å². The molecule has 0 fully saturated rings. The van der Waals surface area contributed by atoms with E-state index in [9.17, 15) is 9.59 Å². The number of carbonyl (C=O) groups is 2. The largest absolute Gasteiger partial charge is 0.461 e. The highest BCUT2D eigenvalue weighted by Gasteiger charge is 2.19. The summed E-state index contributed by atoms with van der Waals surface area (Å²) in [6.45, 7) is 0.167. The second-order valence-corrected chi connectivity index (χ2v) is 6.40. The lowest BCUT2D eigenvalue weighted by molar-refractivity contribution is -0.145. The molecule has 148 valence electrons. The summed E-state index contributed by atoms with van der Waals surface area (Å²) in [6, 6.07) is 24.5. The zero-order valence-electron chi connectivity index (χ0n) is 15.8. The molecule has 0 bridgehead atoms. The first-order valence-corrected chi connectivity index (χ1v) is 9.18. The number of primary amides is 1. The SMILES string of the molecule is NC(=O)N[C@H](CC(=O)OCc1ccccc1)c1cccc(Oc2ccccc2)c1. The molecule has 0 heterocycles. The summed E-state index contributed by atoms with van der Waals surface area (Å²) in [4.78, 5) is 23.8. The molecule has 0 aliphatic carbocycles. The summed E-state index contributed by atoms with van der Waals surface area (Å²) >= 11 is 0. The van der Waals surface area contributed by atoms with Crippen LogP contribution in [-0.4, -0.2) is 12.0 Å². The number of nitrogens with two attached hydrogens (primary N) is 1. The minimum atomic E-state index is -0.722. The highest BCUT2D eigenvalue weighted by atomic mass is 16.5. The standard InChI is InChI=1S/C23H22N2O4/c24-23(27)25-21(15-22(26)28-16-17-8-3-1-4-9-17)18-10-7-13-20(14-18)29-19-11-5-2-6-12-19/h1-14,21H,15-16H2,(H3,24,25,27)/t21-/m1/s1. The number of urea groups is 1. The van der Waals surface area contributed by atoms with Gasteiger partial charge in [0.15, 0.2) is 0 Å². The van der Waals surface area contributed by atoms with E-state index in [0.29, 0.717) is 17.1 Å². The Morgan fingerprint density at radius 2 is 1.52 bits per heavy atom. The van der Waals surface area contributed by atoms with E-state index in [1.54, 1.807) is 24.3 Å². The number of hydrogen-bond acceptors (Lipinski definition) is 4. The van der Waals surface area contributed by atoms with Crippen molar-refractivity contribution in [3.63, 3.8) is 0 Å². The summed E-state index contributed by atoms with van der Waals surface area (Å²) in [5.41, 5.74) is 6.88. The lowest BCUT2D eigenvalue weighted by atomic mass is 10.0. The number of carbonyl (C=O) groups excluding carboxylic acids is 2. The maximum absolute atomic E-state index is 12.3. The van der Waals surface area contributed by atoms with Crippen molar-refractivity contribution < 1.29 is 19.1 Å². The molecule has 1 atom stereocenters. The van der Waals surface area contributed by atoms with Crippen LogP contribution in [-0.2, 0) is 16.1 Å². The van der Waals surface area contributed by atoms with Crippen molar-refractivity contribution in [3.05, 3.63) is 96.1 Å². The third kappa shape index (κ3) is 6.39. The quantitative estimate of drug-likeness (QED) is 0.561. The Morgan fingerprint density at radius 1 is 0.862 bits per heavy atom. The van der Waals surface area contributed by atoms with Crippen molar-refractivity contribution in [2.24, 2.45) is 5.73 Å². The Hall–Kier alpha value is -3.80. The van der Waals surface area contributed by atoms with E-state index in [1.165, 1.54) is 0 Å². The second-order valence-electron chi connectivity index (χ2n) is 6.40. The van der Waals surface area contributed by atoms with Gasteiger partial charge in [0, 0.05) is 0 Å². The number of amides is 2. The molecule has 3 N–H and O–H groups in total. The number of hydrogen-bond donors (Lipinski definition) is 2. The highest BCUT2D eigenvalue weighted by molar-refractivity contribution is 5.75. The zero-order valence-corrected chi connectivity index (χ0v) is 15.8. The van der Waals surface area contributed by atoms with Crippen molar-refractivity contribution in [3.8, 4) is 11.5 Å². The van der Waals surface area contributed by atoms with Crippen LogP contribution in [0.4, 0.5) is 4.79 Å². The van der Waals surface area contributed by atoms with Crippen molar-refractivity contribution in [1.29, 1.82) is 0 Å². The van der Waals surface area contributed by atoms with Crippen molar-refractivity contribution in [1.82, 2.24) is 5.32 Å². The molecule has 3 aromatic rings. The van der Waals surface area contributed by atoms with Crippen LogP contribution in [0.3, 0.4) is 0 Å². The van der Waals surface area contributed by atoms with Gasteiger partial charge >= 0.3 is 12.0 Å². The van der Waals surface area contributed by atoms with Crippen LogP contribution in [0, 0.1) is 0 Å². The number of nitrogens with one attached hydrogen (secondary N) is 1. The molecular formula is C23H22N2O4. The fraction of sp³-hybridized carbons (Fsp3) is 0.130. The van der Waals surface area contributed by atoms with Gasteiger partial charge in [0.2, 0.25) is 0 Å². The molecule has 6 nitrogen and oxygen atoms in total. The van der Waals surface area contributed by atoms with Crippen LogP contribution >= 0.6 is 0 Å². The number of para-hydroxylation sites is 1. The van der Waals surface area contributed by atoms with Crippen molar-refractivity contribution >= 4 is 12.0 Å². The molecule has 6 heteroatoms. The third-order valence-electron chi connectivity index (χ3n) is 4.17. The van der Waals surface area contributed by atoms with Crippen LogP contribution in [0.25, 0.3) is 0 Å². The molecule has 0 radical (unpaired) electrons. The van der Waals surface area contributed by atoms with Crippen LogP contribution in [0.15, 0.2) is 84.9 Å². The lowest BCUT2D eigenvalue weighted by Gasteiger charge is -2.18. The van der Waals surface area contributed by atoms with E-state index in [1.807, 2.05) is 60.7 Å². The first kappa shape index (κ1) is 19.9. The van der Waals surface area contributed by atoms with Crippen LogP contribution in [0.5, 0.6) is 11.5 Å². The molecule has 29 heavy (non-hydrogen) atoms. The third-order valence-corrected chi connectivity index (χ3v) is 4.17. The molecule has 0 saturated carbocycles. The Labute approximate surface area is 169 Å². The van der Waals surface area contributed by atoms with Gasteiger partial charge in [-0.3, -0.25) is 4.79 Å². The summed E-state index contributed by atoms with van der Waals surface area (Å²) in [5, 5.41) is 2.60. The van der Waals surface area contributed by atoms with Crippen LogP contribution in [0.2, 0.25) is 0 Å². The monoisotopic (exact) mass is 390 g/mol. The molecule has 0 aliphatic heterocycles. The van der Waals surface area contributed by atoms with E-state index < -0.39 is 18.0 Å². The number of benzene rings is 3. The highest BCUT2D eigenvalue weighted by Crippen LogP contribution is 2.26. The van der Waals surface area contributed by atoms with Gasteiger partial charge in [0.1, 0.15) is 18.1 Å². The van der Waals surface area contributed by atoms with Crippen LogP contribution < -0.4 is 15.8 Å². The molecular weight excluding hydrogens is 368 g/mol. The Kier molecular flexibility index (Phi) is 6.84. The topological polar surface area (TPSA) is 90.7 Å². The Morgan fingerprint density at radius 3 is 2.21 bits per heavy atom. The number of rotatable bonds is 8. The molecule has 0 aromatic heterocycles. The zero-order chi connectivity index (χ0) is 20.5. The maximum Gasteiger partial charge on any atom is 0.312 e. The van der Waals surface area contributed by atoms with Gasteiger partial charge in [-0.05, 0) is 35.4 Å². The van der Waals surface area contributed by atoms with E-state index in [-0.39, 0.29) is 13.0 Å². The number of ether oxygens (including phenoxy) is 2. The smallest absolute Gasteiger partial charge is 0.312 e. The van der Waals surface area contributed by atoms with Gasteiger partial charge in [0.05, 0.1) is 12.5 Å². The average Bonchev–Trinajstić information content (AvgIpc) is 2.73. The van der Waals surface area contributed by atoms with Crippen LogP contribution in [0.1, 0.15) is 23.6 Å². The molecule has 3 aromatic carbocycles. The van der Waals surface area contributed by atoms with E-state index in [4.69, 9.17) is 15.2 Å². The predicted molar refractivity (Wildman–Crippen MR) is 109 cm³/mol. The van der Waals surface area contributed by atoms with Gasteiger partial charge in [-0.1, -0.05) is 60.7 Å². The fourth-order valence-corrected chi connectivity index (χ4v) is 2.81. The maximum atomic E-state index is 12.3. The normalized spacial score (nSPS) is 11.3. The lowest BCUT2D eigenvalue weighted by Crippen LogP contribution is -2.34. The minimum absolute atomic E-state index is 0.0510. The minimum Gasteiger partial charge on any atom is -0.461 e. The predicted octanol–water partition coefficient (Wildman–Crippen LogP) is 4.32. The van der Waals surface area contributed by atoms with Gasteiger partial charge in [-0.15, -0.1) is 0 Å². The van der Waals surface area contributed by atoms with Gasteiger partial charge in [-0.25, -0.2) is 4.79 Å². The summed E-state index contributed by atoms with van der Waals surface area (Å²) < 4.78 is 11.1. The molecule has 0 spiro atoms. The average molecular weight is 390 g/mol. The summed E-state index contributed by atoms with van der Waals surface area (Å²) in [7, 11) is 0. The molecule has 0 unspecified atom stereocenters. The second kappa shape index (κ2) is 9.94. The van der Waals surface area contributed by atoms with Gasteiger partial charge < -0.3 is 20.5 Å². The van der Waals surface area contributed by atoms with E-state index >= 15 is 0 Å². The van der Waals surface area contributed by atoms with Crippen molar-refractivity contribution in [2.75, 3.05) is 0 Å². The Bertz CT molecular complexity index is 945. The Balaban J connectivity index is 1.68. The molecule has 2 amide bonds. The fourth-order valence-electron chi connectivity index (χ4n) is 2.81. The first-order valence-electron chi connectivity index (χ1n) is 9.18. The summed E-state index contributed by atoms with van der Waals surface area (Å²) in [6.07, 6.45) is -0.0510. The summed E-state index contributed by atoms with van der Waals surface area (Å²) in [5.74, 6) is 0.830. The molecule has 0 saturated heterocycles. The molecule has 3 rings (SSSR count).